The number of hydrogen-bond donors (Lipinski definition) is 1. The summed E-state index contributed by atoms with van der Waals surface area (Å²) in [5.41, 5.74) is 2.32. The van der Waals surface area contributed by atoms with Crippen molar-refractivity contribution in [2.45, 2.75) is 25.7 Å². The van der Waals surface area contributed by atoms with E-state index in [1.807, 2.05) is 19.1 Å². The average molecular weight is 202 g/mol. The summed E-state index contributed by atoms with van der Waals surface area (Å²) < 4.78 is 5.45. The normalized spacial score (nSPS) is 15.8. The molecule has 1 aromatic heterocycles. The molecular weight excluding hydrogens is 188 g/mol. The molecule has 1 aromatic carbocycles. The van der Waals surface area contributed by atoms with Gasteiger partial charge in [-0.15, -0.1) is 0 Å². The van der Waals surface area contributed by atoms with E-state index in [0.717, 1.165) is 11.3 Å². The fraction of sp³-hybridized carbons (Fsp3) is 0.417. The van der Waals surface area contributed by atoms with Gasteiger partial charge in [0.25, 0.3) is 0 Å². The Morgan fingerprint density at radius 3 is 3.07 bits per heavy atom. The lowest BCUT2D eigenvalue weighted by atomic mass is 10.1. The van der Waals surface area contributed by atoms with Gasteiger partial charge in [0, 0.05) is 23.1 Å². The molecule has 3 nitrogen and oxygen atoms in total. The quantitative estimate of drug-likeness (QED) is 0.831. The number of aromatic nitrogens is 2. The van der Waals surface area contributed by atoms with Gasteiger partial charge in [-0.2, -0.15) is 5.10 Å². The van der Waals surface area contributed by atoms with Crippen LogP contribution in [-0.4, -0.2) is 16.8 Å². The Morgan fingerprint density at radius 1 is 1.47 bits per heavy atom. The van der Waals surface area contributed by atoms with Gasteiger partial charge in [0.1, 0.15) is 5.75 Å². The van der Waals surface area contributed by atoms with Crippen molar-refractivity contribution in [3.63, 3.8) is 0 Å². The molecule has 1 aliphatic carbocycles. The Balaban J connectivity index is 2.05. The number of fused-ring (bicyclic) bond motifs is 1. The first-order valence-corrected chi connectivity index (χ1v) is 5.49. The summed E-state index contributed by atoms with van der Waals surface area (Å²) in [6, 6.07) is 6.13. The predicted molar refractivity (Wildman–Crippen MR) is 59.2 cm³/mol. The second-order valence-electron chi connectivity index (χ2n) is 4.02. The lowest BCUT2D eigenvalue weighted by Crippen LogP contribution is -1.90. The minimum absolute atomic E-state index is 0.700. The lowest BCUT2D eigenvalue weighted by molar-refractivity contribution is 0.340. The minimum Gasteiger partial charge on any atom is -0.494 e. The molecule has 0 radical (unpaired) electrons. The van der Waals surface area contributed by atoms with E-state index in [4.69, 9.17) is 4.74 Å². The van der Waals surface area contributed by atoms with Gasteiger partial charge in [0.2, 0.25) is 0 Å². The third kappa shape index (κ3) is 1.48. The number of rotatable bonds is 3. The summed E-state index contributed by atoms with van der Waals surface area (Å²) in [6.45, 7) is 2.69. The molecule has 1 aliphatic rings. The van der Waals surface area contributed by atoms with Crippen LogP contribution in [0.4, 0.5) is 0 Å². The van der Waals surface area contributed by atoms with Gasteiger partial charge in [-0.3, -0.25) is 5.10 Å². The number of nitrogens with one attached hydrogen (secondary N) is 1. The minimum atomic E-state index is 0.700. The Hall–Kier alpha value is -1.51. The lowest BCUT2D eigenvalue weighted by Gasteiger charge is -2.01. The molecule has 3 heteroatoms. The number of benzene rings is 1. The molecule has 0 unspecified atom stereocenters. The van der Waals surface area contributed by atoms with E-state index < -0.39 is 0 Å². The van der Waals surface area contributed by atoms with E-state index in [9.17, 15) is 0 Å². The van der Waals surface area contributed by atoms with Crippen molar-refractivity contribution >= 4 is 10.9 Å². The second-order valence-corrected chi connectivity index (χ2v) is 4.02. The zero-order chi connectivity index (χ0) is 10.3. The third-order valence-corrected chi connectivity index (χ3v) is 2.85. The standard InChI is InChI=1S/C12H14N2O/c1-2-15-9-5-6-10-11(7-9)13-14-12(10)8-3-4-8/h5-8H,2-4H2,1H3,(H,13,14). The fourth-order valence-corrected chi connectivity index (χ4v) is 1.95. The molecule has 1 N–H and O–H groups in total. The molecule has 0 aliphatic heterocycles. The van der Waals surface area contributed by atoms with Crippen LogP contribution in [0, 0.1) is 0 Å². The first kappa shape index (κ1) is 8.77. The number of ether oxygens (including phenoxy) is 1. The topological polar surface area (TPSA) is 37.9 Å². The average Bonchev–Trinajstić information content (AvgIpc) is 3.00. The van der Waals surface area contributed by atoms with Crippen LogP contribution in [0.1, 0.15) is 31.4 Å². The highest BCUT2D eigenvalue weighted by molar-refractivity contribution is 5.83. The van der Waals surface area contributed by atoms with Gasteiger partial charge in [0.05, 0.1) is 12.1 Å². The van der Waals surface area contributed by atoms with E-state index in [1.54, 1.807) is 0 Å². The smallest absolute Gasteiger partial charge is 0.121 e. The predicted octanol–water partition coefficient (Wildman–Crippen LogP) is 2.84. The number of nitrogens with zero attached hydrogens (tertiary/aromatic N) is 1. The summed E-state index contributed by atoms with van der Waals surface area (Å²) in [7, 11) is 0. The Labute approximate surface area is 88.4 Å². The summed E-state index contributed by atoms with van der Waals surface area (Å²) in [5.74, 6) is 1.62. The highest BCUT2D eigenvalue weighted by Crippen LogP contribution is 2.42. The number of aromatic amines is 1. The maximum atomic E-state index is 5.45. The molecule has 0 bridgehead atoms. The molecule has 0 spiro atoms. The maximum Gasteiger partial charge on any atom is 0.121 e. The van der Waals surface area contributed by atoms with Crippen LogP contribution >= 0.6 is 0 Å². The van der Waals surface area contributed by atoms with E-state index in [1.165, 1.54) is 23.9 Å². The van der Waals surface area contributed by atoms with Crippen molar-refractivity contribution in [2.75, 3.05) is 6.61 Å². The second kappa shape index (κ2) is 3.26. The molecule has 2 aromatic rings. The summed E-state index contributed by atoms with van der Waals surface area (Å²) in [4.78, 5) is 0. The van der Waals surface area contributed by atoms with Gasteiger partial charge in [-0.05, 0) is 31.9 Å². The number of hydrogen-bond acceptors (Lipinski definition) is 2. The zero-order valence-electron chi connectivity index (χ0n) is 8.79. The van der Waals surface area contributed by atoms with Gasteiger partial charge in [0.15, 0.2) is 0 Å². The third-order valence-electron chi connectivity index (χ3n) is 2.85. The maximum absolute atomic E-state index is 5.45. The largest absolute Gasteiger partial charge is 0.494 e. The van der Waals surface area contributed by atoms with Crippen molar-refractivity contribution in [3.8, 4) is 5.75 Å². The summed E-state index contributed by atoms with van der Waals surface area (Å²) in [6.07, 6.45) is 2.59. The Bertz CT molecular complexity index is 485. The van der Waals surface area contributed by atoms with Crippen LogP contribution < -0.4 is 4.74 Å². The van der Waals surface area contributed by atoms with E-state index in [0.29, 0.717) is 12.5 Å². The molecule has 0 amide bonds. The van der Waals surface area contributed by atoms with Crippen molar-refractivity contribution in [2.24, 2.45) is 0 Å². The van der Waals surface area contributed by atoms with E-state index in [-0.39, 0.29) is 0 Å². The molecular formula is C12H14N2O. The van der Waals surface area contributed by atoms with Gasteiger partial charge in [-0.1, -0.05) is 0 Å². The fourth-order valence-electron chi connectivity index (χ4n) is 1.95. The van der Waals surface area contributed by atoms with Crippen LogP contribution in [0.2, 0.25) is 0 Å². The van der Waals surface area contributed by atoms with Crippen LogP contribution in [0.5, 0.6) is 5.75 Å². The van der Waals surface area contributed by atoms with Crippen molar-refractivity contribution in [1.29, 1.82) is 0 Å². The first-order chi connectivity index (χ1) is 7.38. The molecule has 15 heavy (non-hydrogen) atoms. The van der Waals surface area contributed by atoms with Crippen LogP contribution in [0.15, 0.2) is 18.2 Å². The monoisotopic (exact) mass is 202 g/mol. The molecule has 1 saturated carbocycles. The Morgan fingerprint density at radius 2 is 2.33 bits per heavy atom. The first-order valence-electron chi connectivity index (χ1n) is 5.49. The van der Waals surface area contributed by atoms with Gasteiger partial charge < -0.3 is 4.74 Å². The van der Waals surface area contributed by atoms with Crippen LogP contribution in [-0.2, 0) is 0 Å². The van der Waals surface area contributed by atoms with Crippen molar-refractivity contribution in [3.05, 3.63) is 23.9 Å². The highest BCUT2D eigenvalue weighted by Gasteiger charge is 2.27. The van der Waals surface area contributed by atoms with Gasteiger partial charge >= 0.3 is 0 Å². The van der Waals surface area contributed by atoms with Crippen LogP contribution in [0.25, 0.3) is 10.9 Å². The van der Waals surface area contributed by atoms with E-state index in [2.05, 4.69) is 16.3 Å². The number of H-pyrrole nitrogens is 1. The summed E-state index contributed by atoms with van der Waals surface area (Å²) >= 11 is 0. The van der Waals surface area contributed by atoms with Gasteiger partial charge in [-0.25, -0.2) is 0 Å². The molecule has 78 valence electrons. The SMILES string of the molecule is CCOc1ccc2c(C3CC3)[nH]nc2c1. The Kier molecular flexibility index (Phi) is 1.91. The molecule has 3 rings (SSSR count). The molecule has 1 fully saturated rings. The summed E-state index contributed by atoms with van der Waals surface area (Å²) in [5, 5.41) is 8.71. The molecule has 0 saturated heterocycles. The zero-order valence-corrected chi connectivity index (χ0v) is 8.79. The van der Waals surface area contributed by atoms with Crippen molar-refractivity contribution < 1.29 is 4.74 Å². The highest BCUT2D eigenvalue weighted by atomic mass is 16.5. The van der Waals surface area contributed by atoms with E-state index >= 15 is 0 Å². The molecule has 1 heterocycles. The van der Waals surface area contributed by atoms with Crippen molar-refractivity contribution in [1.82, 2.24) is 10.2 Å². The van der Waals surface area contributed by atoms with Crippen LogP contribution in [0.3, 0.4) is 0 Å². The molecule has 0 atom stereocenters.